The molecular formula is C24H32N4O3. The molecule has 3 rings (SSSR count). The molecule has 31 heavy (non-hydrogen) atoms. The van der Waals surface area contributed by atoms with Crippen LogP contribution in [0, 0.1) is 0 Å². The van der Waals surface area contributed by atoms with E-state index in [0.29, 0.717) is 23.5 Å². The first kappa shape index (κ1) is 22.5. The molecule has 0 radical (unpaired) electrons. The zero-order chi connectivity index (χ0) is 22.5. The van der Waals surface area contributed by atoms with Crippen molar-refractivity contribution in [3.05, 3.63) is 47.7 Å². The van der Waals surface area contributed by atoms with Gasteiger partial charge in [-0.05, 0) is 50.8 Å². The lowest BCUT2D eigenvalue weighted by molar-refractivity contribution is -0.110. The molecule has 166 valence electrons. The molecular weight excluding hydrogens is 392 g/mol. The highest BCUT2D eigenvalue weighted by atomic mass is 16.5. The minimum absolute atomic E-state index is 0.130. The second-order valence-corrected chi connectivity index (χ2v) is 7.81. The highest BCUT2D eigenvalue weighted by Gasteiger charge is 2.29. The zero-order valence-corrected chi connectivity index (χ0v) is 19.2. The molecule has 0 fully saturated rings. The Kier molecular flexibility index (Phi) is 7.07. The fraction of sp³-hybridized carbons (Fsp3) is 0.375. The summed E-state index contributed by atoms with van der Waals surface area (Å²) in [7, 11) is 9.41. The summed E-state index contributed by atoms with van der Waals surface area (Å²) >= 11 is 0. The Bertz CT molecular complexity index is 968. The van der Waals surface area contributed by atoms with Crippen LogP contribution in [0.25, 0.3) is 5.57 Å². The Morgan fingerprint density at radius 3 is 2.23 bits per heavy atom. The molecule has 0 spiro atoms. The van der Waals surface area contributed by atoms with Gasteiger partial charge in [0.1, 0.15) is 0 Å². The fourth-order valence-electron chi connectivity index (χ4n) is 3.58. The lowest BCUT2D eigenvalue weighted by Crippen LogP contribution is -2.28. The van der Waals surface area contributed by atoms with Crippen molar-refractivity contribution in [1.29, 1.82) is 0 Å². The summed E-state index contributed by atoms with van der Waals surface area (Å²) in [6, 6.07) is 11.9. The standard InChI is InChI=1S/C24H32N4O3/c1-7-19(25-16-8-10-17(11-9-16)28(4)13-12-27(2)3)23-18-14-21(30-5)22(31-6)15-20(18)26-24(23)29/h8-11,14-15,25H,7,12-13H2,1-6H3,(H,26,29)/b23-19-. The highest BCUT2D eigenvalue weighted by Crippen LogP contribution is 2.42. The Hall–Kier alpha value is -3.19. The molecule has 2 N–H and O–H groups in total. The molecule has 7 heteroatoms. The third-order valence-corrected chi connectivity index (χ3v) is 5.41. The van der Waals surface area contributed by atoms with Crippen LogP contribution in [-0.4, -0.2) is 59.3 Å². The number of amides is 1. The van der Waals surface area contributed by atoms with Crippen molar-refractivity contribution in [3.63, 3.8) is 0 Å². The monoisotopic (exact) mass is 424 g/mol. The van der Waals surface area contributed by atoms with Crippen molar-refractivity contribution >= 4 is 28.5 Å². The van der Waals surface area contributed by atoms with Gasteiger partial charge in [-0.1, -0.05) is 6.92 Å². The van der Waals surface area contributed by atoms with Crippen molar-refractivity contribution in [2.75, 3.05) is 64.0 Å². The molecule has 1 aliphatic rings. The minimum Gasteiger partial charge on any atom is -0.493 e. The molecule has 1 amide bonds. The molecule has 0 aliphatic carbocycles. The fourth-order valence-corrected chi connectivity index (χ4v) is 3.58. The molecule has 2 aromatic rings. The van der Waals surface area contributed by atoms with Gasteiger partial charge >= 0.3 is 0 Å². The minimum atomic E-state index is -0.130. The van der Waals surface area contributed by atoms with E-state index in [4.69, 9.17) is 9.47 Å². The first-order chi connectivity index (χ1) is 14.9. The van der Waals surface area contributed by atoms with Crippen molar-refractivity contribution in [3.8, 4) is 11.5 Å². The third-order valence-electron chi connectivity index (χ3n) is 5.41. The molecule has 0 saturated heterocycles. The predicted octanol–water partition coefficient (Wildman–Crippen LogP) is 3.89. The molecule has 0 atom stereocenters. The largest absolute Gasteiger partial charge is 0.493 e. The summed E-state index contributed by atoms with van der Waals surface area (Å²) in [5.41, 5.74) is 5.12. The number of nitrogens with one attached hydrogen (secondary N) is 2. The number of ether oxygens (including phenoxy) is 2. The van der Waals surface area contributed by atoms with Gasteiger partial charge in [-0.15, -0.1) is 0 Å². The Morgan fingerprint density at radius 1 is 1.00 bits per heavy atom. The smallest absolute Gasteiger partial charge is 0.258 e. The van der Waals surface area contributed by atoms with Gasteiger partial charge in [0.15, 0.2) is 11.5 Å². The van der Waals surface area contributed by atoms with E-state index in [-0.39, 0.29) is 5.91 Å². The maximum absolute atomic E-state index is 12.8. The number of anilines is 3. The Labute approximate surface area is 184 Å². The second-order valence-electron chi connectivity index (χ2n) is 7.81. The number of allylic oxidation sites excluding steroid dienone is 1. The quantitative estimate of drug-likeness (QED) is 0.596. The molecule has 2 aromatic carbocycles. The van der Waals surface area contributed by atoms with Crippen LogP contribution in [0.15, 0.2) is 42.1 Å². The van der Waals surface area contributed by atoms with Crippen molar-refractivity contribution in [2.24, 2.45) is 0 Å². The summed E-state index contributed by atoms with van der Waals surface area (Å²) in [6.45, 7) is 3.97. The van der Waals surface area contributed by atoms with Gasteiger partial charge in [0.05, 0.1) is 25.5 Å². The average molecular weight is 425 g/mol. The van der Waals surface area contributed by atoms with Gasteiger partial charge in [-0.25, -0.2) is 0 Å². The van der Waals surface area contributed by atoms with E-state index in [2.05, 4.69) is 53.7 Å². The lowest BCUT2D eigenvalue weighted by atomic mass is 10.0. The molecule has 1 heterocycles. The first-order valence-corrected chi connectivity index (χ1v) is 10.4. The Morgan fingerprint density at radius 2 is 1.65 bits per heavy atom. The number of fused-ring (bicyclic) bond motifs is 1. The van der Waals surface area contributed by atoms with Crippen LogP contribution >= 0.6 is 0 Å². The van der Waals surface area contributed by atoms with Crippen molar-refractivity contribution < 1.29 is 14.3 Å². The van der Waals surface area contributed by atoms with Gasteiger partial charge in [-0.3, -0.25) is 4.79 Å². The summed E-state index contributed by atoms with van der Waals surface area (Å²) in [6.07, 6.45) is 0.682. The molecule has 7 nitrogen and oxygen atoms in total. The van der Waals surface area contributed by atoms with Gasteiger partial charge in [-0.2, -0.15) is 0 Å². The lowest BCUT2D eigenvalue weighted by Gasteiger charge is -2.22. The van der Waals surface area contributed by atoms with E-state index in [1.54, 1.807) is 20.3 Å². The van der Waals surface area contributed by atoms with Crippen LogP contribution in [-0.2, 0) is 4.79 Å². The van der Waals surface area contributed by atoms with E-state index >= 15 is 0 Å². The average Bonchev–Trinajstić information content (AvgIpc) is 3.09. The van der Waals surface area contributed by atoms with E-state index in [9.17, 15) is 4.79 Å². The Balaban J connectivity index is 1.87. The first-order valence-electron chi connectivity index (χ1n) is 10.4. The van der Waals surface area contributed by atoms with Crippen LogP contribution in [0.3, 0.4) is 0 Å². The number of hydrogen-bond acceptors (Lipinski definition) is 6. The number of nitrogens with zero attached hydrogens (tertiary/aromatic N) is 2. The number of carbonyl (C=O) groups is 1. The molecule has 0 aromatic heterocycles. The normalized spacial score (nSPS) is 14.2. The van der Waals surface area contributed by atoms with Crippen LogP contribution in [0.2, 0.25) is 0 Å². The third kappa shape index (κ3) is 4.94. The van der Waals surface area contributed by atoms with E-state index < -0.39 is 0 Å². The molecule has 1 aliphatic heterocycles. The predicted molar refractivity (Wildman–Crippen MR) is 127 cm³/mol. The van der Waals surface area contributed by atoms with E-state index in [1.165, 1.54) is 0 Å². The molecule has 0 saturated carbocycles. The maximum Gasteiger partial charge on any atom is 0.258 e. The number of likely N-dealkylation sites (N-methyl/N-ethyl adjacent to an activating group) is 2. The van der Waals surface area contributed by atoms with Gasteiger partial charge in [0.2, 0.25) is 0 Å². The maximum atomic E-state index is 12.8. The number of hydrogen-bond donors (Lipinski definition) is 2. The number of methoxy groups -OCH3 is 2. The number of carbonyl (C=O) groups excluding carboxylic acids is 1. The summed E-state index contributed by atoms with van der Waals surface area (Å²) in [5.74, 6) is 1.05. The highest BCUT2D eigenvalue weighted by molar-refractivity contribution is 6.32. The van der Waals surface area contributed by atoms with Crippen LogP contribution in [0.4, 0.5) is 17.1 Å². The van der Waals surface area contributed by atoms with E-state index in [1.807, 2.05) is 25.1 Å². The number of rotatable bonds is 9. The van der Waals surface area contributed by atoms with Gasteiger partial charge in [0, 0.05) is 48.8 Å². The van der Waals surface area contributed by atoms with Crippen LogP contribution in [0.5, 0.6) is 11.5 Å². The summed E-state index contributed by atoms with van der Waals surface area (Å²) in [4.78, 5) is 17.2. The SMILES string of the molecule is CC/C(Nc1ccc(N(C)CCN(C)C)cc1)=C1/C(=O)Nc2cc(OC)c(OC)cc21. The van der Waals surface area contributed by atoms with E-state index in [0.717, 1.165) is 41.4 Å². The van der Waals surface area contributed by atoms with Gasteiger partial charge in [0.25, 0.3) is 5.91 Å². The van der Waals surface area contributed by atoms with Crippen molar-refractivity contribution in [2.45, 2.75) is 13.3 Å². The molecule has 0 bridgehead atoms. The van der Waals surface area contributed by atoms with Crippen LogP contribution < -0.4 is 25.0 Å². The summed E-state index contributed by atoms with van der Waals surface area (Å²) in [5, 5.41) is 6.38. The summed E-state index contributed by atoms with van der Waals surface area (Å²) < 4.78 is 10.8. The molecule has 0 unspecified atom stereocenters. The zero-order valence-electron chi connectivity index (χ0n) is 19.2. The van der Waals surface area contributed by atoms with Gasteiger partial charge < -0.3 is 29.9 Å². The second kappa shape index (κ2) is 9.75. The van der Waals surface area contributed by atoms with Crippen LogP contribution in [0.1, 0.15) is 18.9 Å². The van der Waals surface area contributed by atoms with Crippen molar-refractivity contribution in [1.82, 2.24) is 4.90 Å². The topological polar surface area (TPSA) is 66.1 Å². The number of benzene rings is 2.